The lowest BCUT2D eigenvalue weighted by Crippen LogP contribution is -2.46. The molecule has 6 heteroatoms. The Morgan fingerprint density at radius 3 is 2.58 bits per heavy atom. The maximum absolute atomic E-state index is 13.1. The second kappa shape index (κ2) is 8.32. The molecular formula is C18H30N2O3S. The number of rotatable bonds is 7. The Kier molecular flexibility index (Phi) is 6.66. The number of benzene rings is 1. The number of piperidine rings is 1. The van der Waals surface area contributed by atoms with Crippen molar-refractivity contribution in [3.8, 4) is 5.75 Å². The van der Waals surface area contributed by atoms with E-state index in [-0.39, 0.29) is 6.04 Å². The molecule has 1 heterocycles. The van der Waals surface area contributed by atoms with E-state index in [9.17, 15) is 8.42 Å². The van der Waals surface area contributed by atoms with Crippen LogP contribution in [0.15, 0.2) is 24.3 Å². The van der Waals surface area contributed by atoms with E-state index in [0.717, 1.165) is 37.0 Å². The molecule has 5 nitrogen and oxygen atoms in total. The van der Waals surface area contributed by atoms with Gasteiger partial charge in [0.1, 0.15) is 5.75 Å². The van der Waals surface area contributed by atoms with Crippen LogP contribution >= 0.6 is 0 Å². The van der Waals surface area contributed by atoms with Crippen LogP contribution < -0.4 is 4.74 Å². The minimum Gasteiger partial charge on any atom is -0.497 e. The predicted octanol–water partition coefficient (Wildman–Crippen LogP) is 3.44. The van der Waals surface area contributed by atoms with Gasteiger partial charge in [0.05, 0.1) is 13.2 Å². The smallest absolute Gasteiger partial charge is 0.282 e. The van der Waals surface area contributed by atoms with E-state index >= 15 is 0 Å². The first kappa shape index (κ1) is 19.2. The number of hydrogen-bond donors (Lipinski definition) is 0. The van der Waals surface area contributed by atoms with Gasteiger partial charge in [0.25, 0.3) is 10.2 Å². The highest BCUT2D eigenvalue weighted by Crippen LogP contribution is 2.31. The zero-order chi connectivity index (χ0) is 17.7. The van der Waals surface area contributed by atoms with Crippen molar-refractivity contribution in [3.05, 3.63) is 29.8 Å². The Hall–Kier alpha value is -1.11. The van der Waals surface area contributed by atoms with Gasteiger partial charge >= 0.3 is 0 Å². The number of nitrogens with zero attached hydrogens (tertiary/aromatic N) is 2. The van der Waals surface area contributed by atoms with Crippen molar-refractivity contribution in [3.63, 3.8) is 0 Å². The van der Waals surface area contributed by atoms with Gasteiger partial charge in [-0.25, -0.2) is 0 Å². The van der Waals surface area contributed by atoms with Crippen molar-refractivity contribution < 1.29 is 13.2 Å². The molecule has 0 saturated carbocycles. The first-order valence-corrected chi connectivity index (χ1v) is 10.2. The fourth-order valence-corrected chi connectivity index (χ4v) is 4.82. The Labute approximate surface area is 146 Å². The maximum atomic E-state index is 13.1. The lowest BCUT2D eigenvalue weighted by Gasteiger charge is -2.36. The molecule has 24 heavy (non-hydrogen) atoms. The molecule has 0 aromatic heterocycles. The van der Waals surface area contributed by atoms with Crippen molar-refractivity contribution in [1.29, 1.82) is 0 Å². The summed E-state index contributed by atoms with van der Waals surface area (Å²) in [4.78, 5) is 0. The third kappa shape index (κ3) is 4.29. The quantitative estimate of drug-likeness (QED) is 0.753. The van der Waals surface area contributed by atoms with Crippen LogP contribution in [-0.4, -0.2) is 44.3 Å². The molecule has 1 aliphatic heterocycles. The Morgan fingerprint density at radius 2 is 2.00 bits per heavy atom. The zero-order valence-electron chi connectivity index (χ0n) is 15.2. The highest BCUT2D eigenvalue weighted by Gasteiger charge is 2.34. The molecule has 136 valence electrons. The first-order valence-electron chi connectivity index (χ1n) is 8.77. The summed E-state index contributed by atoms with van der Waals surface area (Å²) in [6, 6.07) is 7.54. The number of methoxy groups -OCH3 is 1. The molecule has 0 bridgehead atoms. The molecule has 0 aliphatic carbocycles. The Balaban J connectivity index is 2.25. The van der Waals surface area contributed by atoms with Crippen LogP contribution in [0.1, 0.15) is 51.1 Å². The van der Waals surface area contributed by atoms with Crippen LogP contribution in [0.3, 0.4) is 0 Å². The van der Waals surface area contributed by atoms with Gasteiger partial charge in [-0.1, -0.05) is 32.4 Å². The first-order chi connectivity index (χ1) is 11.4. The van der Waals surface area contributed by atoms with Crippen LogP contribution in [0, 0.1) is 5.92 Å². The van der Waals surface area contributed by atoms with E-state index in [0.29, 0.717) is 19.0 Å². The van der Waals surface area contributed by atoms with Crippen LogP contribution in [0.2, 0.25) is 0 Å². The lowest BCUT2D eigenvalue weighted by molar-refractivity contribution is 0.254. The van der Waals surface area contributed by atoms with Gasteiger partial charge in [-0.2, -0.15) is 17.0 Å². The van der Waals surface area contributed by atoms with Crippen molar-refractivity contribution >= 4 is 10.2 Å². The van der Waals surface area contributed by atoms with Crippen molar-refractivity contribution in [2.24, 2.45) is 5.92 Å². The molecule has 1 aromatic rings. The minimum atomic E-state index is -3.45. The van der Waals surface area contributed by atoms with Crippen molar-refractivity contribution in [2.45, 2.75) is 45.6 Å². The molecular weight excluding hydrogens is 324 g/mol. The molecule has 0 spiro atoms. The summed E-state index contributed by atoms with van der Waals surface area (Å²) in [5, 5.41) is 0. The van der Waals surface area contributed by atoms with Gasteiger partial charge in [0.2, 0.25) is 0 Å². The van der Waals surface area contributed by atoms with Crippen molar-refractivity contribution in [1.82, 2.24) is 8.61 Å². The minimum absolute atomic E-state index is 0.172. The molecule has 0 N–H and O–H groups in total. The van der Waals surface area contributed by atoms with Gasteiger partial charge in [-0.15, -0.1) is 0 Å². The SMILES string of the molecule is CCC[C@H](c1cccc(OC)c1)N(C)S(=O)(=O)N1CCC(C)CC1. The molecule has 1 atom stereocenters. The molecule has 0 radical (unpaired) electrons. The molecule has 0 amide bonds. The van der Waals surface area contributed by atoms with E-state index in [1.54, 1.807) is 22.8 Å². The predicted molar refractivity (Wildman–Crippen MR) is 97.3 cm³/mol. The second-order valence-electron chi connectivity index (χ2n) is 6.69. The van der Waals surface area contributed by atoms with E-state index in [2.05, 4.69) is 13.8 Å². The number of hydrogen-bond acceptors (Lipinski definition) is 3. The molecule has 1 aliphatic rings. The van der Waals surface area contributed by atoms with E-state index in [4.69, 9.17) is 4.74 Å². The molecule has 1 fully saturated rings. The summed E-state index contributed by atoms with van der Waals surface area (Å²) in [5.74, 6) is 1.36. The normalized spacial score (nSPS) is 18.7. The summed E-state index contributed by atoms with van der Waals surface area (Å²) in [7, 11) is -0.119. The third-order valence-corrected chi connectivity index (χ3v) is 6.91. The summed E-state index contributed by atoms with van der Waals surface area (Å²) in [6.45, 7) is 5.50. The largest absolute Gasteiger partial charge is 0.497 e. The lowest BCUT2D eigenvalue weighted by atomic mass is 10.0. The zero-order valence-corrected chi connectivity index (χ0v) is 16.1. The summed E-state index contributed by atoms with van der Waals surface area (Å²) >= 11 is 0. The van der Waals surface area contributed by atoms with Gasteiger partial charge in [0.15, 0.2) is 0 Å². The van der Waals surface area contributed by atoms with E-state index < -0.39 is 10.2 Å². The topological polar surface area (TPSA) is 49.9 Å². The highest BCUT2D eigenvalue weighted by molar-refractivity contribution is 7.86. The third-order valence-electron chi connectivity index (χ3n) is 4.91. The summed E-state index contributed by atoms with van der Waals surface area (Å²) in [6.07, 6.45) is 3.57. The highest BCUT2D eigenvalue weighted by atomic mass is 32.2. The van der Waals surface area contributed by atoms with Crippen LogP contribution in [0.4, 0.5) is 0 Å². The Bertz CT molecular complexity index is 625. The van der Waals surface area contributed by atoms with Gasteiger partial charge in [-0.05, 0) is 42.9 Å². The van der Waals surface area contributed by atoms with Gasteiger partial charge in [0, 0.05) is 20.1 Å². The molecule has 0 unspecified atom stereocenters. The fourth-order valence-electron chi connectivity index (χ4n) is 3.24. The van der Waals surface area contributed by atoms with Crippen LogP contribution in [-0.2, 0) is 10.2 Å². The summed E-state index contributed by atoms with van der Waals surface area (Å²) in [5.41, 5.74) is 0.979. The van der Waals surface area contributed by atoms with E-state index in [1.165, 1.54) is 0 Å². The summed E-state index contributed by atoms with van der Waals surface area (Å²) < 4.78 is 34.6. The fraction of sp³-hybridized carbons (Fsp3) is 0.667. The standard InChI is InChI=1S/C18H30N2O3S/c1-5-7-18(16-8-6-9-17(14-16)23-4)19(3)24(21,22)20-12-10-15(2)11-13-20/h6,8-9,14-15,18H,5,7,10-13H2,1-4H3/t18-/m1/s1. The molecule has 1 saturated heterocycles. The second-order valence-corrected chi connectivity index (χ2v) is 8.67. The number of ether oxygens (including phenoxy) is 1. The van der Waals surface area contributed by atoms with Crippen LogP contribution in [0.5, 0.6) is 5.75 Å². The van der Waals surface area contributed by atoms with Crippen LogP contribution in [0.25, 0.3) is 0 Å². The monoisotopic (exact) mass is 354 g/mol. The average molecular weight is 355 g/mol. The molecule has 2 rings (SSSR count). The molecule has 1 aromatic carbocycles. The van der Waals surface area contributed by atoms with E-state index in [1.807, 2.05) is 24.3 Å². The van der Waals surface area contributed by atoms with Gasteiger partial charge in [-0.3, -0.25) is 0 Å². The Morgan fingerprint density at radius 1 is 1.33 bits per heavy atom. The van der Waals surface area contributed by atoms with Gasteiger partial charge < -0.3 is 4.74 Å². The average Bonchev–Trinajstić information content (AvgIpc) is 2.59. The van der Waals surface area contributed by atoms with Crippen molar-refractivity contribution in [2.75, 3.05) is 27.2 Å². The maximum Gasteiger partial charge on any atom is 0.282 e.